The molecular formula is C15H22N4S. The van der Waals surface area contributed by atoms with Crippen molar-refractivity contribution in [2.45, 2.75) is 51.6 Å². The molecule has 1 aliphatic rings. The minimum Gasteiger partial charge on any atom is -0.351 e. The summed E-state index contributed by atoms with van der Waals surface area (Å²) in [6.45, 7) is 5.34. The van der Waals surface area contributed by atoms with Gasteiger partial charge in [-0.3, -0.25) is 0 Å². The Morgan fingerprint density at radius 3 is 3.05 bits per heavy atom. The van der Waals surface area contributed by atoms with Crippen LogP contribution in [0.5, 0.6) is 0 Å². The number of piperidine rings is 1. The maximum Gasteiger partial charge on any atom is 0.141 e. The van der Waals surface area contributed by atoms with Gasteiger partial charge in [-0.25, -0.2) is 9.97 Å². The first kappa shape index (κ1) is 13.8. The van der Waals surface area contributed by atoms with Crippen LogP contribution in [0.25, 0.3) is 10.2 Å². The Morgan fingerprint density at radius 1 is 1.45 bits per heavy atom. The molecule has 5 heteroatoms. The lowest BCUT2D eigenvalue weighted by Crippen LogP contribution is -2.49. The van der Waals surface area contributed by atoms with Crippen LogP contribution in [-0.2, 0) is 6.42 Å². The maximum atomic E-state index is 6.19. The molecule has 3 rings (SSSR count). The molecule has 0 saturated carbocycles. The first-order valence-corrected chi connectivity index (χ1v) is 8.28. The standard InChI is InChI=1S/C15H22N4S/c1-3-11-8-12-14(17-9-18-15(12)20-11)19-7-5-4-6-13(19)10(2)16/h8-10,13H,3-7,16H2,1-2H3. The molecule has 0 aliphatic carbocycles. The Hall–Kier alpha value is -1.20. The molecule has 108 valence electrons. The van der Waals surface area contributed by atoms with E-state index in [9.17, 15) is 0 Å². The SMILES string of the molecule is CCc1cc2c(N3CCCCC3C(C)N)ncnc2s1. The smallest absolute Gasteiger partial charge is 0.141 e. The highest BCUT2D eigenvalue weighted by atomic mass is 32.1. The van der Waals surface area contributed by atoms with E-state index in [1.165, 1.54) is 23.1 Å². The molecule has 2 atom stereocenters. The van der Waals surface area contributed by atoms with Gasteiger partial charge in [-0.05, 0) is 38.7 Å². The second-order valence-electron chi connectivity index (χ2n) is 5.60. The van der Waals surface area contributed by atoms with Crippen molar-refractivity contribution < 1.29 is 0 Å². The van der Waals surface area contributed by atoms with Crippen molar-refractivity contribution in [3.8, 4) is 0 Å². The molecule has 1 fully saturated rings. The number of hydrogen-bond donors (Lipinski definition) is 1. The topological polar surface area (TPSA) is 55.0 Å². The molecule has 0 amide bonds. The van der Waals surface area contributed by atoms with Gasteiger partial charge in [-0.15, -0.1) is 11.3 Å². The van der Waals surface area contributed by atoms with Gasteiger partial charge in [0.2, 0.25) is 0 Å². The summed E-state index contributed by atoms with van der Waals surface area (Å²) in [6, 6.07) is 2.82. The van der Waals surface area contributed by atoms with E-state index in [2.05, 4.69) is 34.8 Å². The summed E-state index contributed by atoms with van der Waals surface area (Å²) in [5.41, 5.74) is 6.19. The number of fused-ring (bicyclic) bond motifs is 1. The van der Waals surface area contributed by atoms with Crippen LogP contribution in [0, 0.1) is 0 Å². The molecule has 0 radical (unpaired) electrons. The van der Waals surface area contributed by atoms with E-state index in [4.69, 9.17) is 5.73 Å². The summed E-state index contributed by atoms with van der Waals surface area (Å²) in [5, 5.41) is 1.20. The van der Waals surface area contributed by atoms with Gasteiger partial charge in [0, 0.05) is 23.5 Å². The van der Waals surface area contributed by atoms with Crippen LogP contribution in [-0.4, -0.2) is 28.6 Å². The van der Waals surface area contributed by atoms with Crippen molar-refractivity contribution in [3.05, 3.63) is 17.3 Å². The lowest BCUT2D eigenvalue weighted by Gasteiger charge is -2.39. The van der Waals surface area contributed by atoms with E-state index < -0.39 is 0 Å². The van der Waals surface area contributed by atoms with E-state index in [1.807, 2.05) is 0 Å². The van der Waals surface area contributed by atoms with Crippen molar-refractivity contribution in [2.24, 2.45) is 5.73 Å². The number of nitrogens with zero attached hydrogens (tertiary/aromatic N) is 3. The van der Waals surface area contributed by atoms with Crippen LogP contribution in [0.15, 0.2) is 12.4 Å². The number of hydrogen-bond acceptors (Lipinski definition) is 5. The van der Waals surface area contributed by atoms with Crippen LogP contribution < -0.4 is 10.6 Å². The predicted octanol–water partition coefficient (Wildman–Crippen LogP) is 2.96. The van der Waals surface area contributed by atoms with Gasteiger partial charge in [0.05, 0.1) is 5.39 Å². The number of rotatable bonds is 3. The second-order valence-corrected chi connectivity index (χ2v) is 6.71. The Balaban J connectivity index is 2.05. The summed E-state index contributed by atoms with van der Waals surface area (Å²) in [6.07, 6.45) is 6.39. The third-order valence-corrected chi connectivity index (χ3v) is 5.32. The third-order valence-electron chi connectivity index (χ3n) is 4.14. The molecule has 2 aromatic rings. The van der Waals surface area contributed by atoms with Crippen LogP contribution >= 0.6 is 11.3 Å². The molecule has 2 aromatic heterocycles. The first-order chi connectivity index (χ1) is 9.70. The summed E-state index contributed by atoms with van der Waals surface area (Å²) in [4.78, 5) is 13.9. The summed E-state index contributed by atoms with van der Waals surface area (Å²) in [5.74, 6) is 1.08. The van der Waals surface area contributed by atoms with Crippen molar-refractivity contribution >= 4 is 27.4 Å². The van der Waals surface area contributed by atoms with Gasteiger partial charge in [0.1, 0.15) is 17.0 Å². The number of thiophene rings is 1. The molecule has 0 bridgehead atoms. The van der Waals surface area contributed by atoms with Gasteiger partial charge in [-0.1, -0.05) is 6.92 Å². The number of anilines is 1. The van der Waals surface area contributed by atoms with Gasteiger partial charge in [0.25, 0.3) is 0 Å². The Morgan fingerprint density at radius 2 is 2.30 bits per heavy atom. The van der Waals surface area contributed by atoms with Gasteiger partial charge < -0.3 is 10.6 Å². The van der Waals surface area contributed by atoms with Crippen LogP contribution in [0.1, 0.15) is 38.0 Å². The Kier molecular flexibility index (Phi) is 3.89. The fourth-order valence-corrected chi connectivity index (χ4v) is 3.99. The highest BCUT2D eigenvalue weighted by Crippen LogP contribution is 2.33. The molecular weight excluding hydrogens is 268 g/mol. The molecule has 1 aliphatic heterocycles. The van der Waals surface area contributed by atoms with Crippen molar-refractivity contribution in [2.75, 3.05) is 11.4 Å². The molecule has 20 heavy (non-hydrogen) atoms. The number of aromatic nitrogens is 2. The van der Waals surface area contributed by atoms with Gasteiger partial charge in [0.15, 0.2) is 0 Å². The van der Waals surface area contributed by atoms with Crippen molar-refractivity contribution in [1.29, 1.82) is 0 Å². The highest BCUT2D eigenvalue weighted by Gasteiger charge is 2.28. The van der Waals surface area contributed by atoms with Crippen LogP contribution in [0.3, 0.4) is 0 Å². The normalized spacial score (nSPS) is 21.4. The molecule has 3 heterocycles. The summed E-state index contributed by atoms with van der Waals surface area (Å²) < 4.78 is 0. The lowest BCUT2D eigenvalue weighted by molar-refractivity contribution is 0.412. The lowest BCUT2D eigenvalue weighted by atomic mass is 9.97. The van der Waals surface area contributed by atoms with Crippen molar-refractivity contribution in [1.82, 2.24) is 9.97 Å². The van der Waals surface area contributed by atoms with Crippen molar-refractivity contribution in [3.63, 3.8) is 0 Å². The molecule has 4 nitrogen and oxygen atoms in total. The summed E-state index contributed by atoms with van der Waals surface area (Å²) >= 11 is 1.78. The average Bonchev–Trinajstić information content (AvgIpc) is 2.90. The zero-order valence-corrected chi connectivity index (χ0v) is 13.0. The quantitative estimate of drug-likeness (QED) is 0.944. The molecule has 0 spiro atoms. The Bertz CT molecular complexity index is 593. The third kappa shape index (κ3) is 2.40. The van der Waals surface area contributed by atoms with Crippen LogP contribution in [0.4, 0.5) is 5.82 Å². The van der Waals surface area contributed by atoms with E-state index in [1.54, 1.807) is 17.7 Å². The zero-order chi connectivity index (χ0) is 14.1. The van der Waals surface area contributed by atoms with Gasteiger partial charge >= 0.3 is 0 Å². The van der Waals surface area contributed by atoms with E-state index in [-0.39, 0.29) is 6.04 Å². The average molecular weight is 290 g/mol. The zero-order valence-electron chi connectivity index (χ0n) is 12.2. The highest BCUT2D eigenvalue weighted by molar-refractivity contribution is 7.18. The second kappa shape index (κ2) is 5.66. The molecule has 2 N–H and O–H groups in total. The maximum absolute atomic E-state index is 6.19. The van der Waals surface area contributed by atoms with Crippen LogP contribution in [0.2, 0.25) is 0 Å². The minimum atomic E-state index is 0.171. The minimum absolute atomic E-state index is 0.171. The monoisotopic (exact) mass is 290 g/mol. The fraction of sp³-hybridized carbons (Fsp3) is 0.600. The largest absolute Gasteiger partial charge is 0.351 e. The molecule has 2 unspecified atom stereocenters. The fourth-order valence-electron chi connectivity index (χ4n) is 3.06. The first-order valence-electron chi connectivity index (χ1n) is 7.46. The predicted molar refractivity (Wildman–Crippen MR) is 85.4 cm³/mol. The van der Waals surface area contributed by atoms with Gasteiger partial charge in [-0.2, -0.15) is 0 Å². The van der Waals surface area contributed by atoms with E-state index in [0.29, 0.717) is 6.04 Å². The molecule has 1 saturated heterocycles. The molecule has 0 aromatic carbocycles. The summed E-state index contributed by atoms with van der Waals surface area (Å²) in [7, 11) is 0. The van der Waals surface area contributed by atoms with E-state index >= 15 is 0 Å². The number of aryl methyl sites for hydroxylation is 1. The van der Waals surface area contributed by atoms with E-state index in [0.717, 1.165) is 30.0 Å². The Labute approximate surface area is 124 Å². The number of nitrogens with two attached hydrogens (primary N) is 1.